The zero-order valence-corrected chi connectivity index (χ0v) is 19.7. The molecule has 0 aromatic heterocycles. The van der Waals surface area contributed by atoms with E-state index in [-0.39, 0.29) is 29.9 Å². The Morgan fingerprint density at radius 3 is 2.47 bits per heavy atom. The summed E-state index contributed by atoms with van der Waals surface area (Å²) in [5, 5.41) is 3.03. The molecule has 0 fully saturated rings. The molecule has 2 aromatic carbocycles. The van der Waals surface area contributed by atoms with Crippen molar-refractivity contribution in [3.63, 3.8) is 0 Å². The van der Waals surface area contributed by atoms with E-state index in [0.29, 0.717) is 44.2 Å². The van der Waals surface area contributed by atoms with Gasteiger partial charge in [0.15, 0.2) is 17.5 Å². The lowest BCUT2D eigenvalue weighted by atomic mass is 9.98. The molecular weight excluding hydrogens is 495 g/mol. The number of anilines is 1. The molecule has 7 nitrogen and oxygen atoms in total. The van der Waals surface area contributed by atoms with Gasteiger partial charge in [-0.15, -0.1) is 24.0 Å². The van der Waals surface area contributed by atoms with Crippen molar-refractivity contribution >= 4 is 41.5 Å². The van der Waals surface area contributed by atoms with Gasteiger partial charge in [-0.3, -0.25) is 9.79 Å². The Balaban J connectivity index is 0.00000320. The summed E-state index contributed by atoms with van der Waals surface area (Å²) in [6, 6.07) is 13.6. The lowest BCUT2D eigenvalue weighted by Gasteiger charge is -2.29. The first-order chi connectivity index (χ1) is 14.1. The van der Waals surface area contributed by atoms with E-state index in [9.17, 15) is 4.79 Å². The van der Waals surface area contributed by atoms with Crippen molar-refractivity contribution in [2.24, 2.45) is 10.7 Å². The number of fused-ring (bicyclic) bond motifs is 1. The number of methoxy groups -OCH3 is 2. The first-order valence-corrected chi connectivity index (χ1v) is 9.74. The molecule has 1 aliphatic heterocycles. The van der Waals surface area contributed by atoms with E-state index >= 15 is 0 Å². The van der Waals surface area contributed by atoms with E-state index in [1.54, 1.807) is 14.2 Å². The number of guanidine groups is 1. The molecule has 0 unspecified atom stereocenters. The van der Waals surface area contributed by atoms with E-state index in [2.05, 4.69) is 10.3 Å². The lowest BCUT2D eigenvalue weighted by molar-refractivity contribution is -0.132. The van der Waals surface area contributed by atoms with Gasteiger partial charge in [0.2, 0.25) is 5.91 Å². The Bertz CT molecular complexity index is 874. The van der Waals surface area contributed by atoms with Crippen LogP contribution in [0.5, 0.6) is 11.5 Å². The fraction of sp³-hybridized carbons (Fsp3) is 0.364. The molecule has 0 aliphatic carbocycles. The molecule has 3 N–H and O–H groups in total. The summed E-state index contributed by atoms with van der Waals surface area (Å²) < 4.78 is 10.7. The second kappa shape index (κ2) is 11.6. The van der Waals surface area contributed by atoms with Gasteiger partial charge in [-0.1, -0.05) is 18.2 Å². The molecule has 162 valence electrons. The van der Waals surface area contributed by atoms with Gasteiger partial charge in [-0.05, 0) is 48.2 Å². The van der Waals surface area contributed by atoms with Crippen LogP contribution in [-0.4, -0.2) is 44.1 Å². The van der Waals surface area contributed by atoms with E-state index < -0.39 is 0 Å². The molecule has 1 heterocycles. The first kappa shape index (κ1) is 23.8. The number of para-hydroxylation sites is 1. The number of carbonyl (C=O) groups is 1. The Hall–Kier alpha value is -2.49. The zero-order valence-electron chi connectivity index (χ0n) is 17.4. The molecule has 0 spiro atoms. The maximum atomic E-state index is 12.6. The Morgan fingerprint density at radius 1 is 1.13 bits per heavy atom. The average Bonchev–Trinajstić information content (AvgIpc) is 2.75. The second-order valence-corrected chi connectivity index (χ2v) is 6.90. The number of benzene rings is 2. The van der Waals surface area contributed by atoms with Gasteiger partial charge in [0.05, 0.1) is 14.2 Å². The minimum atomic E-state index is 0. The summed E-state index contributed by atoms with van der Waals surface area (Å²) in [4.78, 5) is 18.8. The van der Waals surface area contributed by atoms with Crippen molar-refractivity contribution in [2.45, 2.75) is 25.8 Å². The smallest absolute Gasteiger partial charge is 0.222 e. The van der Waals surface area contributed by atoms with E-state index in [0.717, 1.165) is 23.4 Å². The van der Waals surface area contributed by atoms with Crippen molar-refractivity contribution in [3.05, 3.63) is 53.6 Å². The van der Waals surface area contributed by atoms with Crippen LogP contribution in [0.15, 0.2) is 47.5 Å². The summed E-state index contributed by atoms with van der Waals surface area (Å²) in [6.45, 7) is 1.81. The second-order valence-electron chi connectivity index (χ2n) is 6.90. The molecule has 0 saturated heterocycles. The maximum Gasteiger partial charge on any atom is 0.222 e. The van der Waals surface area contributed by atoms with Crippen LogP contribution >= 0.6 is 24.0 Å². The van der Waals surface area contributed by atoms with Crippen LogP contribution in [-0.2, 0) is 17.8 Å². The summed E-state index contributed by atoms with van der Waals surface area (Å²) in [6.07, 6.45) is 1.92. The molecule has 2 aromatic rings. The molecule has 30 heavy (non-hydrogen) atoms. The SMILES string of the molecule is COc1cc2c(cc1OC)CN(C(=O)CCCN=C(N)Nc1ccccc1)CC2.I. The molecule has 8 heteroatoms. The largest absolute Gasteiger partial charge is 0.493 e. The molecule has 1 amide bonds. The van der Waals surface area contributed by atoms with Crippen LogP contribution in [0.3, 0.4) is 0 Å². The fourth-order valence-electron chi connectivity index (χ4n) is 3.39. The van der Waals surface area contributed by atoms with Crippen molar-refractivity contribution < 1.29 is 14.3 Å². The maximum absolute atomic E-state index is 12.6. The minimum Gasteiger partial charge on any atom is -0.493 e. The van der Waals surface area contributed by atoms with Gasteiger partial charge in [0.25, 0.3) is 0 Å². The van der Waals surface area contributed by atoms with Crippen LogP contribution in [0.25, 0.3) is 0 Å². The van der Waals surface area contributed by atoms with E-state index in [1.807, 2.05) is 47.4 Å². The summed E-state index contributed by atoms with van der Waals surface area (Å²) in [7, 11) is 3.25. The van der Waals surface area contributed by atoms with Gasteiger partial charge in [0.1, 0.15) is 0 Å². The highest BCUT2D eigenvalue weighted by Crippen LogP contribution is 2.33. The van der Waals surface area contributed by atoms with Gasteiger partial charge in [-0.2, -0.15) is 0 Å². The lowest BCUT2D eigenvalue weighted by Crippen LogP contribution is -2.36. The van der Waals surface area contributed by atoms with Crippen LogP contribution in [0.1, 0.15) is 24.0 Å². The number of aliphatic imine (C=N–C) groups is 1. The number of hydrogen-bond acceptors (Lipinski definition) is 4. The van der Waals surface area contributed by atoms with Crippen LogP contribution in [0, 0.1) is 0 Å². The predicted molar refractivity (Wildman–Crippen MR) is 130 cm³/mol. The van der Waals surface area contributed by atoms with Crippen LogP contribution in [0.4, 0.5) is 5.69 Å². The van der Waals surface area contributed by atoms with E-state index in [1.165, 1.54) is 5.56 Å². The number of nitrogens with two attached hydrogens (primary N) is 1. The standard InChI is InChI=1S/C22H28N4O3.HI/c1-28-19-13-16-10-12-26(15-17(16)14-20(19)29-2)21(27)9-6-11-24-22(23)25-18-7-4-3-5-8-18;/h3-5,7-8,13-14H,6,9-12,15H2,1-2H3,(H3,23,24,25);1H. The van der Waals surface area contributed by atoms with Crippen molar-refractivity contribution in [1.82, 2.24) is 4.90 Å². The van der Waals surface area contributed by atoms with Gasteiger partial charge >= 0.3 is 0 Å². The topological polar surface area (TPSA) is 89.2 Å². The molecule has 0 saturated carbocycles. The number of ether oxygens (including phenoxy) is 2. The molecule has 0 radical (unpaired) electrons. The third kappa shape index (κ3) is 6.25. The average molecular weight is 524 g/mol. The summed E-state index contributed by atoms with van der Waals surface area (Å²) >= 11 is 0. The Labute approximate surface area is 194 Å². The number of hydrogen-bond donors (Lipinski definition) is 2. The van der Waals surface area contributed by atoms with Crippen LogP contribution in [0.2, 0.25) is 0 Å². The highest BCUT2D eigenvalue weighted by molar-refractivity contribution is 14.0. The third-order valence-electron chi connectivity index (χ3n) is 4.95. The highest BCUT2D eigenvalue weighted by atomic mass is 127. The van der Waals surface area contributed by atoms with Gasteiger partial charge < -0.3 is 25.4 Å². The number of amides is 1. The number of rotatable bonds is 7. The van der Waals surface area contributed by atoms with Gasteiger partial charge in [0, 0.05) is 31.7 Å². The molecule has 0 bridgehead atoms. The molecule has 1 aliphatic rings. The number of carbonyl (C=O) groups excluding carboxylic acids is 1. The molecule has 0 atom stereocenters. The fourth-order valence-corrected chi connectivity index (χ4v) is 3.39. The predicted octanol–water partition coefficient (Wildman–Crippen LogP) is 3.41. The van der Waals surface area contributed by atoms with Crippen molar-refractivity contribution in [2.75, 3.05) is 32.6 Å². The summed E-state index contributed by atoms with van der Waals surface area (Å²) in [5.74, 6) is 1.91. The molecular formula is C22H29IN4O3. The zero-order chi connectivity index (χ0) is 20.6. The van der Waals surface area contributed by atoms with E-state index in [4.69, 9.17) is 15.2 Å². The van der Waals surface area contributed by atoms with Gasteiger partial charge in [-0.25, -0.2) is 0 Å². The first-order valence-electron chi connectivity index (χ1n) is 9.74. The van der Waals surface area contributed by atoms with Crippen molar-refractivity contribution in [1.29, 1.82) is 0 Å². The summed E-state index contributed by atoms with van der Waals surface area (Å²) in [5.41, 5.74) is 9.10. The van der Waals surface area contributed by atoms with Crippen LogP contribution < -0.4 is 20.5 Å². The van der Waals surface area contributed by atoms with Crippen molar-refractivity contribution in [3.8, 4) is 11.5 Å². The Kier molecular flexibility index (Phi) is 9.22. The third-order valence-corrected chi connectivity index (χ3v) is 4.95. The number of halogens is 1. The quantitative estimate of drug-likeness (QED) is 0.251. The highest BCUT2D eigenvalue weighted by Gasteiger charge is 2.22. The number of nitrogens with one attached hydrogen (secondary N) is 1. The minimum absolute atomic E-state index is 0. The normalized spacial score (nSPS) is 13.1. The molecule has 3 rings (SSSR count). The monoisotopic (exact) mass is 524 g/mol. The number of nitrogens with zero attached hydrogens (tertiary/aromatic N) is 2. The Morgan fingerprint density at radius 2 is 1.80 bits per heavy atom.